The number of hydrogen-bond acceptors (Lipinski definition) is 5. The Morgan fingerprint density at radius 2 is 2.35 bits per heavy atom. The summed E-state index contributed by atoms with van der Waals surface area (Å²) in [6.07, 6.45) is 1.15. The molecule has 0 saturated heterocycles. The van der Waals surface area contributed by atoms with Gasteiger partial charge in [0.05, 0.1) is 15.3 Å². The van der Waals surface area contributed by atoms with E-state index in [2.05, 4.69) is 5.10 Å². The molecular formula is C9H9ClN4O2S. The van der Waals surface area contributed by atoms with Crippen LogP contribution >= 0.6 is 22.9 Å². The van der Waals surface area contributed by atoms with Crippen molar-refractivity contribution < 1.29 is 4.92 Å². The molecule has 1 unspecified atom stereocenters. The average molecular weight is 273 g/mol. The molecule has 8 heteroatoms. The maximum atomic E-state index is 10.7. The second-order valence-corrected chi connectivity index (χ2v) is 5.18. The van der Waals surface area contributed by atoms with Gasteiger partial charge < -0.3 is 5.73 Å². The molecule has 2 rings (SSSR count). The number of aromatic nitrogens is 2. The lowest BCUT2D eigenvalue weighted by atomic mass is 10.3. The van der Waals surface area contributed by atoms with Crippen LogP contribution in [0.3, 0.4) is 0 Å². The van der Waals surface area contributed by atoms with Gasteiger partial charge in [0.15, 0.2) is 0 Å². The molecule has 0 amide bonds. The molecule has 0 spiro atoms. The Bertz CT molecular complexity index is 565. The highest BCUT2D eigenvalue weighted by Gasteiger charge is 2.22. The molecule has 6 nitrogen and oxygen atoms in total. The smallest absolute Gasteiger partial charge is 0.330 e. The summed E-state index contributed by atoms with van der Waals surface area (Å²) in [7, 11) is 0. The number of nitrogens with two attached hydrogens (primary N) is 1. The normalized spacial score (nSPS) is 12.6. The number of nitrogen functional groups attached to an aromatic ring is 1. The predicted octanol–water partition coefficient (Wildman–Crippen LogP) is 2.70. The summed E-state index contributed by atoms with van der Waals surface area (Å²) in [5.74, 6) is 0.0482. The van der Waals surface area contributed by atoms with Crippen LogP contribution in [-0.4, -0.2) is 14.7 Å². The third-order valence-corrected chi connectivity index (χ3v) is 3.78. The van der Waals surface area contributed by atoms with E-state index < -0.39 is 4.92 Å². The summed E-state index contributed by atoms with van der Waals surface area (Å²) in [5.41, 5.74) is 5.50. The van der Waals surface area contributed by atoms with Crippen molar-refractivity contribution in [3.05, 3.63) is 37.7 Å². The van der Waals surface area contributed by atoms with Crippen LogP contribution in [0.5, 0.6) is 0 Å². The maximum absolute atomic E-state index is 10.7. The van der Waals surface area contributed by atoms with Crippen LogP contribution in [0.1, 0.15) is 17.8 Å². The van der Waals surface area contributed by atoms with Gasteiger partial charge in [-0.15, -0.1) is 11.3 Å². The summed E-state index contributed by atoms with van der Waals surface area (Å²) in [6.45, 7) is 1.86. The van der Waals surface area contributed by atoms with E-state index in [1.807, 2.05) is 13.0 Å². The fraction of sp³-hybridized carbons (Fsp3) is 0.222. The lowest BCUT2D eigenvalue weighted by Crippen LogP contribution is -2.10. The van der Waals surface area contributed by atoms with Gasteiger partial charge in [-0.3, -0.25) is 10.1 Å². The van der Waals surface area contributed by atoms with Gasteiger partial charge in [0.25, 0.3) is 0 Å². The van der Waals surface area contributed by atoms with E-state index in [9.17, 15) is 10.1 Å². The van der Waals surface area contributed by atoms with Crippen LogP contribution in [-0.2, 0) is 0 Å². The van der Waals surface area contributed by atoms with Crippen molar-refractivity contribution >= 4 is 34.4 Å². The van der Waals surface area contributed by atoms with Crippen molar-refractivity contribution in [2.75, 3.05) is 5.73 Å². The van der Waals surface area contributed by atoms with Gasteiger partial charge in [-0.25, -0.2) is 4.68 Å². The van der Waals surface area contributed by atoms with Gasteiger partial charge in [0, 0.05) is 4.88 Å². The number of thiophene rings is 1. The quantitative estimate of drug-likeness (QED) is 0.687. The minimum atomic E-state index is -0.549. The molecule has 90 valence electrons. The topological polar surface area (TPSA) is 87.0 Å². The van der Waals surface area contributed by atoms with Gasteiger partial charge in [0.2, 0.25) is 5.82 Å². The van der Waals surface area contributed by atoms with Gasteiger partial charge in [-0.2, -0.15) is 5.10 Å². The highest BCUT2D eigenvalue weighted by molar-refractivity contribution is 7.16. The van der Waals surface area contributed by atoms with Crippen LogP contribution in [0.2, 0.25) is 4.34 Å². The van der Waals surface area contributed by atoms with E-state index in [1.54, 1.807) is 6.07 Å². The second kappa shape index (κ2) is 4.34. The molecule has 2 N–H and O–H groups in total. The van der Waals surface area contributed by atoms with E-state index in [1.165, 1.54) is 16.0 Å². The predicted molar refractivity (Wildman–Crippen MR) is 66.4 cm³/mol. The Balaban J connectivity index is 2.38. The summed E-state index contributed by atoms with van der Waals surface area (Å²) < 4.78 is 2.08. The molecule has 2 aromatic heterocycles. The van der Waals surface area contributed by atoms with Gasteiger partial charge in [0.1, 0.15) is 6.20 Å². The number of halogens is 1. The molecule has 0 fully saturated rings. The SMILES string of the molecule is CC(c1ccc(Cl)s1)n1ncc([N+](=O)[O-])c1N. The first-order valence-corrected chi connectivity index (χ1v) is 5.92. The van der Waals surface area contributed by atoms with Crippen molar-refractivity contribution in [1.82, 2.24) is 9.78 Å². The number of nitrogens with zero attached hydrogens (tertiary/aromatic N) is 3. The van der Waals surface area contributed by atoms with Crippen molar-refractivity contribution in [2.24, 2.45) is 0 Å². The van der Waals surface area contributed by atoms with Gasteiger partial charge in [-0.1, -0.05) is 11.6 Å². The van der Waals surface area contributed by atoms with Crippen LogP contribution in [0, 0.1) is 10.1 Å². The monoisotopic (exact) mass is 272 g/mol. The van der Waals surface area contributed by atoms with E-state index in [-0.39, 0.29) is 17.5 Å². The molecule has 0 aliphatic carbocycles. The first-order valence-electron chi connectivity index (χ1n) is 4.73. The lowest BCUT2D eigenvalue weighted by molar-refractivity contribution is -0.384. The number of rotatable bonds is 3. The zero-order chi connectivity index (χ0) is 12.6. The number of hydrogen-bond donors (Lipinski definition) is 1. The molecule has 2 aromatic rings. The molecular weight excluding hydrogens is 264 g/mol. The Labute approximate surface area is 106 Å². The molecule has 2 heterocycles. The summed E-state index contributed by atoms with van der Waals surface area (Å²) >= 11 is 7.23. The van der Waals surface area contributed by atoms with Gasteiger partial charge >= 0.3 is 5.69 Å². The molecule has 0 aromatic carbocycles. The van der Waals surface area contributed by atoms with Crippen molar-refractivity contribution in [2.45, 2.75) is 13.0 Å². The van der Waals surface area contributed by atoms with E-state index in [4.69, 9.17) is 17.3 Å². The molecule has 0 aliphatic heterocycles. The van der Waals surface area contributed by atoms with Crippen molar-refractivity contribution in [3.8, 4) is 0 Å². The first kappa shape index (κ1) is 11.9. The van der Waals surface area contributed by atoms with Crippen molar-refractivity contribution in [3.63, 3.8) is 0 Å². The van der Waals surface area contributed by atoms with E-state index in [0.717, 1.165) is 11.1 Å². The summed E-state index contributed by atoms with van der Waals surface area (Å²) in [4.78, 5) is 11.0. The molecule has 0 saturated carbocycles. The highest BCUT2D eigenvalue weighted by atomic mass is 35.5. The third kappa shape index (κ3) is 2.11. The average Bonchev–Trinajstić information content (AvgIpc) is 2.83. The zero-order valence-corrected chi connectivity index (χ0v) is 10.4. The fourth-order valence-corrected chi connectivity index (χ4v) is 2.58. The summed E-state index contributed by atoms with van der Waals surface area (Å²) in [6, 6.07) is 3.44. The van der Waals surface area contributed by atoms with Gasteiger partial charge in [-0.05, 0) is 19.1 Å². The van der Waals surface area contributed by atoms with E-state index >= 15 is 0 Å². The van der Waals surface area contributed by atoms with Crippen LogP contribution in [0.25, 0.3) is 0 Å². The fourth-order valence-electron chi connectivity index (χ4n) is 1.49. The molecule has 0 aliphatic rings. The minimum absolute atomic E-state index is 0.0482. The number of anilines is 1. The third-order valence-electron chi connectivity index (χ3n) is 2.38. The molecule has 0 radical (unpaired) electrons. The van der Waals surface area contributed by atoms with Crippen LogP contribution in [0.4, 0.5) is 11.5 Å². The Morgan fingerprint density at radius 3 is 2.82 bits per heavy atom. The Kier molecular flexibility index (Phi) is 3.03. The standard InChI is InChI=1S/C9H9ClN4O2S/c1-5(7-2-3-8(10)17-7)13-9(11)6(4-12-13)14(15)16/h2-5H,11H2,1H3. The van der Waals surface area contributed by atoms with Crippen LogP contribution in [0.15, 0.2) is 18.3 Å². The summed E-state index contributed by atoms with van der Waals surface area (Å²) in [5, 5.41) is 14.6. The first-order chi connectivity index (χ1) is 8.00. The maximum Gasteiger partial charge on any atom is 0.330 e. The largest absolute Gasteiger partial charge is 0.378 e. The molecule has 0 bridgehead atoms. The van der Waals surface area contributed by atoms with Crippen LogP contribution < -0.4 is 5.73 Å². The Morgan fingerprint density at radius 1 is 1.65 bits per heavy atom. The van der Waals surface area contributed by atoms with E-state index in [0.29, 0.717) is 4.34 Å². The highest BCUT2D eigenvalue weighted by Crippen LogP contribution is 2.32. The minimum Gasteiger partial charge on any atom is -0.378 e. The Hall–Kier alpha value is -1.60. The lowest BCUT2D eigenvalue weighted by Gasteiger charge is -2.10. The number of nitro groups is 1. The van der Waals surface area contributed by atoms with Crippen molar-refractivity contribution in [1.29, 1.82) is 0 Å². The molecule has 17 heavy (non-hydrogen) atoms. The molecule has 1 atom stereocenters. The zero-order valence-electron chi connectivity index (χ0n) is 8.83. The second-order valence-electron chi connectivity index (χ2n) is 3.43.